The first-order valence-electron chi connectivity index (χ1n) is 5.60. The Hall–Kier alpha value is 0.126. The Kier molecular flexibility index (Phi) is 9.18. The SMILES string of the molecule is CCCCCOc1cccc(C(=O)[O-])c1C.[K+]. The van der Waals surface area contributed by atoms with E-state index in [1.807, 2.05) is 0 Å². The van der Waals surface area contributed by atoms with Crippen LogP contribution in [0.1, 0.15) is 42.1 Å². The van der Waals surface area contributed by atoms with E-state index in [2.05, 4.69) is 6.92 Å². The third-order valence-electron chi connectivity index (χ3n) is 2.51. The molecule has 0 aliphatic carbocycles. The number of aromatic carboxylic acids is 1. The molecule has 88 valence electrons. The van der Waals surface area contributed by atoms with Crippen molar-refractivity contribution in [2.75, 3.05) is 6.61 Å². The van der Waals surface area contributed by atoms with Gasteiger partial charge in [-0.3, -0.25) is 0 Å². The number of carbonyl (C=O) groups excluding carboxylic acids is 1. The van der Waals surface area contributed by atoms with Gasteiger partial charge in [0.1, 0.15) is 5.75 Å². The van der Waals surface area contributed by atoms with E-state index < -0.39 is 5.97 Å². The standard InChI is InChI=1S/C13H18O3.K/c1-3-4-5-9-16-12-8-6-7-11(10(12)2)13(14)15;/h6-8H,3-5,9H2,1-2H3,(H,14,15);/q;+1/p-1. The van der Waals surface area contributed by atoms with Crippen LogP contribution in [0.15, 0.2) is 18.2 Å². The fraction of sp³-hybridized carbons (Fsp3) is 0.462. The molecule has 0 amide bonds. The van der Waals surface area contributed by atoms with Gasteiger partial charge in [-0.15, -0.1) is 0 Å². The first kappa shape index (κ1) is 17.1. The maximum atomic E-state index is 10.8. The van der Waals surface area contributed by atoms with E-state index >= 15 is 0 Å². The average molecular weight is 260 g/mol. The number of rotatable bonds is 6. The molecule has 1 aromatic carbocycles. The third-order valence-corrected chi connectivity index (χ3v) is 2.51. The van der Waals surface area contributed by atoms with Crippen molar-refractivity contribution in [3.63, 3.8) is 0 Å². The summed E-state index contributed by atoms with van der Waals surface area (Å²) < 4.78 is 5.54. The van der Waals surface area contributed by atoms with Crippen LogP contribution in [0, 0.1) is 6.92 Å². The maximum absolute atomic E-state index is 10.8. The average Bonchev–Trinajstić information content (AvgIpc) is 2.26. The van der Waals surface area contributed by atoms with Gasteiger partial charge >= 0.3 is 51.4 Å². The largest absolute Gasteiger partial charge is 1.00 e. The Morgan fingerprint density at radius 2 is 2.06 bits per heavy atom. The molecular formula is C13H17KO3. The predicted octanol–water partition coefficient (Wildman–Crippen LogP) is -1.07. The molecule has 0 spiro atoms. The zero-order chi connectivity index (χ0) is 12.0. The van der Waals surface area contributed by atoms with Crippen molar-refractivity contribution in [2.45, 2.75) is 33.1 Å². The second-order valence-electron chi connectivity index (χ2n) is 3.77. The monoisotopic (exact) mass is 260 g/mol. The molecule has 1 aromatic rings. The minimum atomic E-state index is -1.16. The van der Waals surface area contributed by atoms with E-state index in [0.717, 1.165) is 19.3 Å². The molecule has 0 saturated carbocycles. The number of ether oxygens (including phenoxy) is 1. The van der Waals surface area contributed by atoms with Crippen LogP contribution in [0.5, 0.6) is 5.75 Å². The van der Waals surface area contributed by atoms with E-state index in [0.29, 0.717) is 17.9 Å². The zero-order valence-electron chi connectivity index (χ0n) is 10.8. The third kappa shape index (κ3) is 5.53. The van der Waals surface area contributed by atoms with E-state index in [1.54, 1.807) is 19.1 Å². The van der Waals surface area contributed by atoms with Gasteiger partial charge in [0.05, 0.1) is 12.6 Å². The Morgan fingerprint density at radius 3 is 2.65 bits per heavy atom. The number of carboxylic acid groups (broad SMARTS) is 1. The van der Waals surface area contributed by atoms with Crippen molar-refractivity contribution < 1.29 is 66.0 Å². The van der Waals surface area contributed by atoms with Gasteiger partial charge < -0.3 is 14.6 Å². The van der Waals surface area contributed by atoms with Gasteiger partial charge in [0.15, 0.2) is 0 Å². The summed E-state index contributed by atoms with van der Waals surface area (Å²) in [7, 11) is 0. The Morgan fingerprint density at radius 1 is 1.35 bits per heavy atom. The number of unbranched alkanes of at least 4 members (excludes halogenated alkanes) is 2. The summed E-state index contributed by atoms with van der Waals surface area (Å²) in [6.07, 6.45) is 3.26. The smallest absolute Gasteiger partial charge is 0.545 e. The van der Waals surface area contributed by atoms with E-state index in [-0.39, 0.29) is 56.9 Å². The van der Waals surface area contributed by atoms with Gasteiger partial charge in [-0.05, 0) is 19.4 Å². The van der Waals surface area contributed by atoms with Crippen LogP contribution in [-0.2, 0) is 0 Å². The summed E-state index contributed by atoms with van der Waals surface area (Å²) in [6, 6.07) is 4.99. The van der Waals surface area contributed by atoms with Crippen molar-refractivity contribution in [3.8, 4) is 5.75 Å². The molecule has 0 fully saturated rings. The normalized spacial score (nSPS) is 9.53. The summed E-state index contributed by atoms with van der Waals surface area (Å²) in [4.78, 5) is 10.8. The Labute approximate surface area is 145 Å². The van der Waals surface area contributed by atoms with Crippen molar-refractivity contribution in [3.05, 3.63) is 29.3 Å². The molecule has 0 unspecified atom stereocenters. The van der Waals surface area contributed by atoms with Gasteiger partial charge in [0.25, 0.3) is 0 Å². The first-order valence-corrected chi connectivity index (χ1v) is 5.60. The molecule has 0 aliphatic rings. The van der Waals surface area contributed by atoms with E-state index in [9.17, 15) is 9.90 Å². The molecule has 3 nitrogen and oxygen atoms in total. The maximum Gasteiger partial charge on any atom is 1.00 e. The van der Waals surface area contributed by atoms with Crippen LogP contribution in [0.4, 0.5) is 0 Å². The van der Waals surface area contributed by atoms with Gasteiger partial charge in [-0.2, -0.15) is 0 Å². The summed E-state index contributed by atoms with van der Waals surface area (Å²) >= 11 is 0. The molecule has 0 radical (unpaired) electrons. The quantitative estimate of drug-likeness (QED) is 0.483. The second-order valence-corrected chi connectivity index (χ2v) is 3.77. The van der Waals surface area contributed by atoms with Crippen LogP contribution in [0.2, 0.25) is 0 Å². The van der Waals surface area contributed by atoms with Crippen LogP contribution in [0.25, 0.3) is 0 Å². The Balaban J connectivity index is 0.00000256. The van der Waals surface area contributed by atoms with Crippen LogP contribution < -0.4 is 61.2 Å². The number of benzene rings is 1. The zero-order valence-corrected chi connectivity index (χ0v) is 13.9. The minimum Gasteiger partial charge on any atom is -0.545 e. The second kappa shape index (κ2) is 9.11. The topological polar surface area (TPSA) is 49.4 Å². The molecular weight excluding hydrogens is 243 g/mol. The fourth-order valence-corrected chi connectivity index (χ4v) is 1.53. The van der Waals surface area contributed by atoms with Gasteiger partial charge in [-0.1, -0.05) is 31.9 Å². The molecule has 0 atom stereocenters. The van der Waals surface area contributed by atoms with Crippen LogP contribution in [0.3, 0.4) is 0 Å². The summed E-state index contributed by atoms with van der Waals surface area (Å²) in [5.74, 6) is -0.519. The van der Waals surface area contributed by atoms with Gasteiger partial charge in [-0.25, -0.2) is 0 Å². The molecule has 0 heterocycles. The van der Waals surface area contributed by atoms with Crippen molar-refractivity contribution >= 4 is 5.97 Å². The summed E-state index contributed by atoms with van der Waals surface area (Å²) in [6.45, 7) is 4.49. The molecule has 0 N–H and O–H groups in total. The van der Waals surface area contributed by atoms with E-state index in [1.165, 1.54) is 6.07 Å². The molecule has 1 rings (SSSR count). The number of hydrogen-bond donors (Lipinski definition) is 0. The van der Waals surface area contributed by atoms with Crippen LogP contribution >= 0.6 is 0 Å². The molecule has 0 saturated heterocycles. The summed E-state index contributed by atoms with van der Waals surface area (Å²) in [5.41, 5.74) is 0.840. The summed E-state index contributed by atoms with van der Waals surface area (Å²) in [5, 5.41) is 10.8. The van der Waals surface area contributed by atoms with Crippen molar-refractivity contribution in [2.24, 2.45) is 0 Å². The number of carboxylic acids is 1. The molecule has 4 heteroatoms. The van der Waals surface area contributed by atoms with Gasteiger partial charge in [0.2, 0.25) is 0 Å². The molecule has 0 aromatic heterocycles. The minimum absolute atomic E-state index is 0. The Bertz CT molecular complexity index is 364. The fourth-order valence-electron chi connectivity index (χ4n) is 1.53. The molecule has 0 bridgehead atoms. The van der Waals surface area contributed by atoms with Crippen molar-refractivity contribution in [1.29, 1.82) is 0 Å². The van der Waals surface area contributed by atoms with E-state index in [4.69, 9.17) is 4.74 Å². The number of hydrogen-bond acceptors (Lipinski definition) is 3. The first-order chi connectivity index (χ1) is 7.66. The molecule has 0 aliphatic heterocycles. The van der Waals surface area contributed by atoms with Gasteiger partial charge in [0, 0.05) is 11.1 Å². The van der Waals surface area contributed by atoms with Crippen LogP contribution in [-0.4, -0.2) is 12.6 Å². The van der Waals surface area contributed by atoms with Crippen molar-refractivity contribution in [1.82, 2.24) is 0 Å². The molecule has 17 heavy (non-hydrogen) atoms. The number of carbonyl (C=O) groups is 1. The predicted molar refractivity (Wildman–Crippen MR) is 60.5 cm³/mol.